The molecule has 2 N–H and O–H groups in total. The number of likely N-dealkylation sites (N-methyl/N-ethyl adjacent to an activating group) is 1. The van der Waals surface area contributed by atoms with Gasteiger partial charge in [-0.05, 0) is 30.7 Å². The van der Waals surface area contributed by atoms with E-state index in [1.54, 1.807) is 37.1 Å². The first-order chi connectivity index (χ1) is 14.0. The summed E-state index contributed by atoms with van der Waals surface area (Å²) >= 11 is 7.66. The number of carbonyl (C=O) groups excluding carboxylic acids is 1. The second-order valence-corrected chi connectivity index (χ2v) is 8.53. The van der Waals surface area contributed by atoms with Gasteiger partial charge >= 0.3 is 0 Å². The molecule has 1 aliphatic rings. The molecule has 1 unspecified atom stereocenters. The molecule has 0 bridgehead atoms. The summed E-state index contributed by atoms with van der Waals surface area (Å²) in [6.45, 7) is 1.56. The van der Waals surface area contributed by atoms with Crippen molar-refractivity contribution in [1.29, 1.82) is 0 Å². The third-order valence-corrected chi connectivity index (χ3v) is 5.76. The zero-order valence-corrected chi connectivity index (χ0v) is 18.2. The van der Waals surface area contributed by atoms with Crippen molar-refractivity contribution in [3.05, 3.63) is 41.4 Å². The molecule has 1 amide bonds. The lowest BCUT2D eigenvalue weighted by molar-refractivity contribution is -0.127. The number of aromatic nitrogens is 3. The molecule has 0 radical (unpaired) electrons. The first-order valence-electron chi connectivity index (χ1n) is 9.51. The Hall–Kier alpha value is -2.26. The van der Waals surface area contributed by atoms with Crippen LogP contribution in [0.4, 0.5) is 0 Å². The van der Waals surface area contributed by atoms with Crippen molar-refractivity contribution in [2.75, 3.05) is 32.9 Å². The van der Waals surface area contributed by atoms with E-state index in [9.17, 15) is 4.79 Å². The Labute approximate surface area is 180 Å². The molecule has 1 aromatic heterocycles. The molecule has 0 spiro atoms. The van der Waals surface area contributed by atoms with E-state index in [1.807, 2.05) is 28.9 Å². The Bertz CT molecular complexity index is 837. The quantitative estimate of drug-likeness (QED) is 0.297. The Morgan fingerprint density at radius 1 is 1.38 bits per heavy atom. The first-order valence-corrected chi connectivity index (χ1v) is 10.9. The monoisotopic (exact) mass is 435 g/mol. The first kappa shape index (κ1) is 21.4. The molecule has 2 aromatic rings. The summed E-state index contributed by atoms with van der Waals surface area (Å²) in [5, 5.41) is 11.8. The molecule has 1 aromatic carbocycles. The fraction of sp³-hybridized carbons (Fsp3) is 0.474. The number of amides is 1. The van der Waals surface area contributed by atoms with E-state index in [2.05, 4.69) is 25.7 Å². The molecule has 156 valence electrons. The Morgan fingerprint density at radius 3 is 2.93 bits per heavy atom. The maximum atomic E-state index is 11.9. The van der Waals surface area contributed by atoms with E-state index in [-0.39, 0.29) is 18.5 Å². The van der Waals surface area contributed by atoms with Gasteiger partial charge in [0.1, 0.15) is 18.7 Å². The van der Waals surface area contributed by atoms with Gasteiger partial charge in [0.15, 0.2) is 5.96 Å². The topological polar surface area (TPSA) is 87.4 Å². The largest absolute Gasteiger partial charge is 0.356 e. The van der Waals surface area contributed by atoms with Gasteiger partial charge in [0.25, 0.3) is 0 Å². The van der Waals surface area contributed by atoms with E-state index in [0.717, 1.165) is 47.4 Å². The summed E-state index contributed by atoms with van der Waals surface area (Å²) in [5.74, 6) is 2.48. The van der Waals surface area contributed by atoms with Crippen LogP contribution < -0.4 is 10.6 Å². The minimum Gasteiger partial charge on any atom is -0.356 e. The number of benzene rings is 1. The molecule has 0 saturated carbocycles. The van der Waals surface area contributed by atoms with E-state index in [0.29, 0.717) is 5.96 Å². The highest BCUT2D eigenvalue weighted by molar-refractivity contribution is 7.99. The lowest BCUT2D eigenvalue weighted by atomic mass is 10.1. The van der Waals surface area contributed by atoms with Gasteiger partial charge in [0.05, 0.1) is 6.54 Å². The Balaban J connectivity index is 1.53. The summed E-state index contributed by atoms with van der Waals surface area (Å²) in [7, 11) is 3.46. The van der Waals surface area contributed by atoms with Crippen LogP contribution in [0.1, 0.15) is 12.2 Å². The van der Waals surface area contributed by atoms with Crippen LogP contribution in [-0.2, 0) is 17.8 Å². The van der Waals surface area contributed by atoms with Crippen molar-refractivity contribution in [3.8, 4) is 0 Å². The van der Waals surface area contributed by atoms with Crippen LogP contribution >= 0.6 is 23.4 Å². The van der Waals surface area contributed by atoms with Crippen molar-refractivity contribution in [2.45, 2.75) is 30.3 Å². The SMILES string of the molecule is CN(C)C(=O)CN=C(NCCSc1ccc(Cl)cc1)NC1CCc2ncnn2C1. The number of nitrogens with zero attached hydrogens (tertiary/aromatic N) is 5. The second kappa shape index (κ2) is 10.5. The third-order valence-electron chi connectivity index (χ3n) is 4.49. The molecule has 0 aliphatic carbocycles. The standard InChI is InChI=1S/C19H26ClN7OS/c1-26(2)18(28)11-22-19(21-9-10-29-16-6-3-14(20)4-7-16)25-15-5-8-17-23-13-24-27(17)12-15/h3-4,6-7,13,15H,5,8-12H2,1-2H3,(H2,21,22,25). The zero-order chi connectivity index (χ0) is 20.6. The molecule has 8 nitrogen and oxygen atoms in total. The van der Waals surface area contributed by atoms with E-state index in [1.165, 1.54) is 0 Å². The highest BCUT2D eigenvalue weighted by Gasteiger charge is 2.20. The van der Waals surface area contributed by atoms with Gasteiger partial charge in [-0.2, -0.15) is 5.10 Å². The molecule has 29 heavy (non-hydrogen) atoms. The molecule has 10 heteroatoms. The highest BCUT2D eigenvalue weighted by Crippen LogP contribution is 2.19. The van der Waals surface area contributed by atoms with Crippen LogP contribution in [0.15, 0.2) is 40.5 Å². The number of nitrogens with one attached hydrogen (secondary N) is 2. The van der Waals surface area contributed by atoms with Crippen molar-refractivity contribution in [1.82, 2.24) is 30.3 Å². The van der Waals surface area contributed by atoms with Crippen molar-refractivity contribution >= 4 is 35.2 Å². The molecule has 3 rings (SSSR count). The van der Waals surface area contributed by atoms with Crippen LogP contribution in [0, 0.1) is 0 Å². The van der Waals surface area contributed by atoms with Crippen LogP contribution in [0.2, 0.25) is 5.02 Å². The van der Waals surface area contributed by atoms with Gasteiger partial charge in [-0.1, -0.05) is 11.6 Å². The second-order valence-electron chi connectivity index (χ2n) is 6.92. The Morgan fingerprint density at radius 2 is 2.17 bits per heavy atom. The predicted molar refractivity (Wildman–Crippen MR) is 116 cm³/mol. The molecule has 0 fully saturated rings. The average Bonchev–Trinajstić information content (AvgIpc) is 3.18. The summed E-state index contributed by atoms with van der Waals surface area (Å²) in [4.78, 5) is 23.4. The van der Waals surface area contributed by atoms with E-state index < -0.39 is 0 Å². The van der Waals surface area contributed by atoms with Gasteiger partial charge in [-0.15, -0.1) is 11.8 Å². The van der Waals surface area contributed by atoms with Crippen LogP contribution in [-0.4, -0.2) is 70.5 Å². The summed E-state index contributed by atoms with van der Waals surface area (Å²) in [6, 6.07) is 7.98. The van der Waals surface area contributed by atoms with Crippen LogP contribution in [0.25, 0.3) is 0 Å². The average molecular weight is 436 g/mol. The third kappa shape index (κ3) is 6.64. The molecule has 2 heterocycles. The van der Waals surface area contributed by atoms with E-state index >= 15 is 0 Å². The lowest BCUT2D eigenvalue weighted by Crippen LogP contribution is -2.48. The number of rotatable bonds is 7. The fourth-order valence-electron chi connectivity index (χ4n) is 2.86. The number of halogens is 1. The van der Waals surface area contributed by atoms with Crippen molar-refractivity contribution in [3.63, 3.8) is 0 Å². The lowest BCUT2D eigenvalue weighted by Gasteiger charge is -2.25. The minimum absolute atomic E-state index is 0.0381. The summed E-state index contributed by atoms with van der Waals surface area (Å²) < 4.78 is 1.92. The fourth-order valence-corrected chi connectivity index (χ4v) is 3.75. The van der Waals surface area contributed by atoms with Gasteiger partial charge < -0.3 is 15.5 Å². The van der Waals surface area contributed by atoms with Crippen LogP contribution in [0.5, 0.6) is 0 Å². The van der Waals surface area contributed by atoms with Crippen molar-refractivity contribution in [2.24, 2.45) is 4.99 Å². The number of thioether (sulfide) groups is 1. The molecule has 1 atom stereocenters. The number of hydrogen-bond donors (Lipinski definition) is 2. The summed E-state index contributed by atoms with van der Waals surface area (Å²) in [6.07, 6.45) is 3.41. The smallest absolute Gasteiger partial charge is 0.243 e. The van der Waals surface area contributed by atoms with Gasteiger partial charge in [-0.3, -0.25) is 4.79 Å². The van der Waals surface area contributed by atoms with Gasteiger partial charge in [0, 0.05) is 48.8 Å². The molecule has 0 saturated heterocycles. The van der Waals surface area contributed by atoms with Gasteiger partial charge in [0.2, 0.25) is 5.91 Å². The molecule has 1 aliphatic heterocycles. The van der Waals surface area contributed by atoms with Crippen molar-refractivity contribution < 1.29 is 4.79 Å². The predicted octanol–water partition coefficient (Wildman–Crippen LogP) is 1.66. The molecular weight excluding hydrogens is 410 g/mol. The summed E-state index contributed by atoms with van der Waals surface area (Å²) in [5.41, 5.74) is 0. The van der Waals surface area contributed by atoms with Gasteiger partial charge in [-0.25, -0.2) is 14.7 Å². The number of aliphatic imine (C=N–C) groups is 1. The number of hydrogen-bond acceptors (Lipinski definition) is 5. The number of aryl methyl sites for hydroxylation is 1. The normalized spacial score (nSPS) is 16.2. The minimum atomic E-state index is -0.0381. The van der Waals surface area contributed by atoms with Crippen LogP contribution in [0.3, 0.4) is 0 Å². The Kier molecular flexibility index (Phi) is 7.76. The number of carbonyl (C=O) groups is 1. The zero-order valence-electron chi connectivity index (χ0n) is 16.6. The maximum absolute atomic E-state index is 11.9. The number of guanidine groups is 1. The molecular formula is C19H26ClN7OS. The highest BCUT2D eigenvalue weighted by atomic mass is 35.5. The number of fused-ring (bicyclic) bond motifs is 1. The maximum Gasteiger partial charge on any atom is 0.243 e. The van der Waals surface area contributed by atoms with E-state index in [4.69, 9.17) is 11.6 Å².